The molecule has 2 saturated carbocycles. The molecule has 2 aliphatic rings. The Labute approximate surface area is 153 Å². The van der Waals surface area contributed by atoms with Crippen molar-refractivity contribution in [2.45, 2.75) is 38.4 Å². The second-order valence-electron chi connectivity index (χ2n) is 7.60. The number of Topliss-reactive ketones (excluding diaryl/α,β-unsaturated/α-hetero) is 1. The van der Waals surface area contributed by atoms with Crippen LogP contribution in [0.3, 0.4) is 0 Å². The molecule has 3 atom stereocenters. The Balaban J connectivity index is 1.72. The lowest BCUT2D eigenvalue weighted by Crippen LogP contribution is -2.47. The van der Waals surface area contributed by atoms with Gasteiger partial charge in [0.15, 0.2) is 10.9 Å². The van der Waals surface area contributed by atoms with Crippen LogP contribution < -0.4 is 5.32 Å². The molecular formula is C18H19BrN2O2S. The third-order valence-electron chi connectivity index (χ3n) is 6.64. The zero-order valence-corrected chi connectivity index (χ0v) is 16.3. The summed E-state index contributed by atoms with van der Waals surface area (Å²) in [5, 5.41) is 3.60. The number of carbonyl (C=O) groups excluding carboxylic acids is 2. The minimum atomic E-state index is -0.726. The van der Waals surface area contributed by atoms with Crippen LogP contribution in [-0.4, -0.2) is 21.5 Å². The highest BCUT2D eigenvalue weighted by atomic mass is 79.9. The summed E-state index contributed by atoms with van der Waals surface area (Å²) in [6.45, 7) is 6.11. The Hall–Kier alpha value is -1.27. The van der Waals surface area contributed by atoms with E-state index in [1.165, 1.54) is 11.3 Å². The van der Waals surface area contributed by atoms with Crippen LogP contribution in [0.2, 0.25) is 0 Å². The first-order valence-electron chi connectivity index (χ1n) is 8.09. The maximum Gasteiger partial charge on any atom is 0.234 e. The molecule has 1 N–H and O–H groups in total. The zero-order chi connectivity index (χ0) is 17.3. The highest BCUT2D eigenvalue weighted by Crippen LogP contribution is 2.72. The number of amides is 1. The van der Waals surface area contributed by atoms with Crippen molar-refractivity contribution >= 4 is 54.3 Å². The number of benzene rings is 1. The molecule has 0 spiro atoms. The molecule has 4 rings (SSSR count). The van der Waals surface area contributed by atoms with Crippen molar-refractivity contribution in [3.8, 4) is 0 Å². The van der Waals surface area contributed by atoms with Crippen molar-refractivity contribution in [3.63, 3.8) is 0 Å². The third kappa shape index (κ3) is 1.71. The van der Waals surface area contributed by atoms with Crippen LogP contribution in [0.4, 0.5) is 5.13 Å². The average Bonchev–Trinajstić information content (AvgIpc) is 3.06. The number of halogens is 1. The van der Waals surface area contributed by atoms with Crippen molar-refractivity contribution in [3.05, 3.63) is 24.3 Å². The molecule has 4 nitrogen and oxygen atoms in total. The largest absolute Gasteiger partial charge is 0.301 e. The number of nitrogens with zero attached hydrogens (tertiary/aromatic N) is 1. The number of aromatic nitrogens is 1. The first kappa shape index (κ1) is 16.2. The van der Waals surface area contributed by atoms with Gasteiger partial charge in [-0.05, 0) is 30.4 Å². The van der Waals surface area contributed by atoms with Gasteiger partial charge in [0.1, 0.15) is 0 Å². The van der Waals surface area contributed by atoms with Gasteiger partial charge in [-0.1, -0.05) is 60.2 Å². The lowest BCUT2D eigenvalue weighted by molar-refractivity contribution is -0.130. The Kier molecular flexibility index (Phi) is 3.30. The number of hydrogen-bond acceptors (Lipinski definition) is 4. The summed E-state index contributed by atoms with van der Waals surface area (Å²) in [5.41, 5.74) is -0.696. The van der Waals surface area contributed by atoms with Crippen molar-refractivity contribution in [2.75, 3.05) is 5.32 Å². The molecule has 1 heterocycles. The van der Waals surface area contributed by atoms with E-state index in [9.17, 15) is 9.59 Å². The van der Waals surface area contributed by atoms with E-state index < -0.39 is 21.1 Å². The summed E-state index contributed by atoms with van der Waals surface area (Å²) in [6, 6.07) is 7.81. The van der Waals surface area contributed by atoms with Crippen molar-refractivity contribution in [1.82, 2.24) is 4.98 Å². The molecule has 1 aromatic carbocycles. The van der Waals surface area contributed by atoms with Crippen LogP contribution >= 0.6 is 27.3 Å². The Morgan fingerprint density at radius 1 is 1.29 bits per heavy atom. The SMILES string of the molecule is CC1(C)[C@]2(C(=O)Nc3nc4ccccc4s3)CC[C@]1(C)C(=O)[C@@H]2Br. The van der Waals surface area contributed by atoms with Crippen molar-refractivity contribution in [2.24, 2.45) is 16.2 Å². The van der Waals surface area contributed by atoms with Crippen LogP contribution in [0.15, 0.2) is 24.3 Å². The van der Waals surface area contributed by atoms with Crippen molar-refractivity contribution < 1.29 is 9.59 Å². The lowest BCUT2D eigenvalue weighted by Gasteiger charge is -2.39. The summed E-state index contributed by atoms with van der Waals surface area (Å²) in [4.78, 5) is 30.1. The fraction of sp³-hybridized carbons (Fsp3) is 0.500. The van der Waals surface area contributed by atoms with Gasteiger partial charge >= 0.3 is 0 Å². The van der Waals surface area contributed by atoms with Gasteiger partial charge in [0.05, 0.1) is 20.5 Å². The predicted octanol–water partition coefficient (Wildman–Crippen LogP) is 4.39. The molecule has 6 heteroatoms. The molecule has 126 valence electrons. The number of ketones is 1. The lowest BCUT2D eigenvalue weighted by atomic mass is 9.64. The van der Waals surface area contributed by atoms with Gasteiger partial charge in [-0.2, -0.15) is 0 Å². The molecule has 1 amide bonds. The fourth-order valence-corrected chi connectivity index (χ4v) is 6.96. The third-order valence-corrected chi connectivity index (χ3v) is 8.79. The smallest absolute Gasteiger partial charge is 0.234 e. The Morgan fingerprint density at radius 3 is 2.62 bits per heavy atom. The average molecular weight is 407 g/mol. The van der Waals surface area contributed by atoms with E-state index >= 15 is 0 Å². The molecule has 0 aliphatic heterocycles. The summed E-state index contributed by atoms with van der Waals surface area (Å²) in [5.74, 6) is 0.0567. The predicted molar refractivity (Wildman–Crippen MR) is 99.5 cm³/mol. The number of fused-ring (bicyclic) bond motifs is 3. The topological polar surface area (TPSA) is 59.1 Å². The number of thiazole rings is 1. The molecule has 0 radical (unpaired) electrons. The van der Waals surface area contributed by atoms with Crippen molar-refractivity contribution in [1.29, 1.82) is 0 Å². The Bertz CT molecular complexity index is 844. The Morgan fingerprint density at radius 2 is 2.00 bits per heavy atom. The molecule has 2 aromatic rings. The van der Waals surface area contributed by atoms with Gasteiger partial charge in [-0.25, -0.2) is 4.98 Å². The maximum atomic E-state index is 13.3. The van der Waals surface area contributed by atoms with Gasteiger partial charge in [0.2, 0.25) is 5.91 Å². The van der Waals surface area contributed by atoms with Crippen LogP contribution in [0.5, 0.6) is 0 Å². The molecule has 24 heavy (non-hydrogen) atoms. The highest BCUT2D eigenvalue weighted by molar-refractivity contribution is 9.10. The quantitative estimate of drug-likeness (QED) is 0.751. The summed E-state index contributed by atoms with van der Waals surface area (Å²) in [7, 11) is 0. The van der Waals surface area contributed by atoms with Gasteiger partial charge in [-0.15, -0.1) is 0 Å². The second kappa shape index (κ2) is 4.88. The number of rotatable bonds is 2. The molecule has 2 bridgehead atoms. The number of hydrogen-bond donors (Lipinski definition) is 1. The molecular weight excluding hydrogens is 388 g/mol. The monoisotopic (exact) mass is 406 g/mol. The number of para-hydroxylation sites is 1. The minimum absolute atomic E-state index is 0.0944. The number of anilines is 1. The van der Waals surface area contributed by atoms with E-state index in [4.69, 9.17) is 0 Å². The van der Waals surface area contributed by atoms with E-state index in [2.05, 4.69) is 40.1 Å². The molecule has 2 aliphatic carbocycles. The zero-order valence-electron chi connectivity index (χ0n) is 13.9. The summed E-state index contributed by atoms with van der Waals surface area (Å²) < 4.78 is 1.04. The maximum absolute atomic E-state index is 13.3. The van der Waals surface area contributed by atoms with Crippen LogP contribution in [0.1, 0.15) is 33.6 Å². The van der Waals surface area contributed by atoms with Crippen LogP contribution in [-0.2, 0) is 9.59 Å². The van der Waals surface area contributed by atoms with E-state index in [0.29, 0.717) is 5.13 Å². The molecule has 0 saturated heterocycles. The van der Waals surface area contributed by atoms with Gasteiger partial charge in [0, 0.05) is 5.41 Å². The van der Waals surface area contributed by atoms with Crippen LogP contribution in [0.25, 0.3) is 10.2 Å². The summed E-state index contributed by atoms with van der Waals surface area (Å²) in [6.07, 6.45) is 1.48. The molecule has 0 unspecified atom stereocenters. The first-order valence-corrected chi connectivity index (χ1v) is 9.83. The van der Waals surface area contributed by atoms with E-state index in [-0.39, 0.29) is 11.7 Å². The van der Waals surface area contributed by atoms with E-state index in [1.807, 2.05) is 31.2 Å². The first-order chi connectivity index (χ1) is 11.2. The molecule has 2 fully saturated rings. The number of alkyl halides is 1. The normalized spacial score (nSPS) is 34.0. The van der Waals surface area contributed by atoms with E-state index in [1.54, 1.807) is 0 Å². The summed E-state index contributed by atoms with van der Waals surface area (Å²) >= 11 is 5.02. The minimum Gasteiger partial charge on any atom is -0.301 e. The second-order valence-corrected chi connectivity index (χ2v) is 9.54. The molecule has 1 aromatic heterocycles. The van der Waals surface area contributed by atoms with Gasteiger partial charge in [0.25, 0.3) is 0 Å². The number of nitrogens with one attached hydrogen (secondary N) is 1. The van der Waals surface area contributed by atoms with Gasteiger partial charge in [-0.3, -0.25) is 9.59 Å². The fourth-order valence-electron chi connectivity index (χ4n) is 4.59. The standard InChI is InChI=1S/C18H19BrN2O2S/c1-16(2)17(3)8-9-18(16,12(19)13(17)22)14(23)21-15-20-10-6-4-5-7-11(10)24-15/h4-7,12H,8-9H2,1-3H3,(H,20,21,23)/t12-,17+,18+/m0/s1. The number of carbonyl (C=O) groups is 2. The highest BCUT2D eigenvalue weighted by Gasteiger charge is 2.76. The van der Waals surface area contributed by atoms with Gasteiger partial charge < -0.3 is 5.32 Å². The van der Waals surface area contributed by atoms with E-state index in [0.717, 1.165) is 23.1 Å². The van der Waals surface area contributed by atoms with Crippen LogP contribution in [0, 0.1) is 16.2 Å².